The summed E-state index contributed by atoms with van der Waals surface area (Å²) in [7, 11) is 0. The van der Waals surface area contributed by atoms with E-state index in [0.29, 0.717) is 56.0 Å². The number of hydrogen-bond donors (Lipinski definition) is 2. The van der Waals surface area contributed by atoms with Gasteiger partial charge in [-0.05, 0) is 38.0 Å². The van der Waals surface area contributed by atoms with Gasteiger partial charge in [0.15, 0.2) is 11.6 Å². The van der Waals surface area contributed by atoms with Gasteiger partial charge in [-0.3, -0.25) is 4.68 Å². The molecule has 2 aromatic heterocycles. The van der Waals surface area contributed by atoms with Crippen molar-refractivity contribution in [2.75, 3.05) is 78.2 Å². The molecular weight excluding hydrogens is 644 g/mol. The van der Waals surface area contributed by atoms with Gasteiger partial charge in [-0.25, -0.2) is 14.2 Å². The number of carbonyl (C=O) groups is 1. The Morgan fingerprint density at radius 2 is 1.67 bits per heavy atom. The lowest BCUT2D eigenvalue weighted by molar-refractivity contribution is -0.142. The fourth-order valence-electron chi connectivity index (χ4n) is 4.98. The summed E-state index contributed by atoms with van der Waals surface area (Å²) in [6, 6.07) is 4.71. The topological polar surface area (TPSA) is 143 Å². The number of anilines is 1. The van der Waals surface area contributed by atoms with E-state index in [9.17, 15) is 9.18 Å². The average molecular weight is 685 g/mol. The smallest absolute Gasteiger partial charge is 0.329 e. The van der Waals surface area contributed by atoms with Crippen molar-refractivity contribution in [3.8, 4) is 16.9 Å². The molecule has 4 rings (SSSR count). The van der Waals surface area contributed by atoms with Crippen LogP contribution in [-0.2, 0) is 23.7 Å². The average Bonchev–Trinajstić information content (AvgIpc) is 3.53. The number of nitrogens with two attached hydrogens (primary N) is 1. The number of carboxylic acids is 1. The predicted molar refractivity (Wildman–Crippen MR) is 171 cm³/mol. The zero-order valence-electron chi connectivity index (χ0n) is 25.7. The first-order valence-electron chi connectivity index (χ1n) is 15.1. The Hall–Kier alpha value is -3.04. The lowest BCUT2D eigenvalue weighted by Crippen LogP contribution is -2.37. The van der Waals surface area contributed by atoms with E-state index >= 15 is 0 Å². The van der Waals surface area contributed by atoms with Crippen molar-refractivity contribution in [1.82, 2.24) is 19.7 Å². The molecule has 1 aliphatic rings. The maximum atomic E-state index is 14.1. The number of pyridine rings is 1. The van der Waals surface area contributed by atoms with E-state index in [0.717, 1.165) is 43.6 Å². The Morgan fingerprint density at radius 1 is 1.02 bits per heavy atom. The van der Waals surface area contributed by atoms with Gasteiger partial charge >= 0.3 is 5.97 Å². The van der Waals surface area contributed by atoms with Crippen LogP contribution in [0.2, 0.25) is 10.0 Å². The Morgan fingerprint density at radius 3 is 2.35 bits per heavy atom. The van der Waals surface area contributed by atoms with Gasteiger partial charge < -0.3 is 39.4 Å². The number of rotatable bonds is 19. The van der Waals surface area contributed by atoms with Crippen LogP contribution >= 0.6 is 23.2 Å². The van der Waals surface area contributed by atoms with Crippen molar-refractivity contribution in [3.63, 3.8) is 0 Å². The number of aliphatic carboxylic acids is 1. The third-order valence-electron chi connectivity index (χ3n) is 7.43. The van der Waals surface area contributed by atoms with Gasteiger partial charge in [-0.2, -0.15) is 5.10 Å². The minimum atomic E-state index is -0.998. The van der Waals surface area contributed by atoms with Crippen molar-refractivity contribution < 1.29 is 38.0 Å². The summed E-state index contributed by atoms with van der Waals surface area (Å²) in [5.74, 6) is -1.05. The zero-order chi connectivity index (χ0) is 32.9. The van der Waals surface area contributed by atoms with E-state index in [1.165, 1.54) is 12.1 Å². The molecule has 1 fully saturated rings. The number of nitrogen functional groups attached to an aromatic ring is 1. The molecule has 1 atom stereocenters. The van der Waals surface area contributed by atoms with E-state index in [2.05, 4.69) is 15.0 Å². The molecule has 0 saturated carbocycles. The number of likely N-dealkylation sites (tertiary alicyclic amines) is 1. The third-order valence-corrected chi connectivity index (χ3v) is 8.14. The maximum Gasteiger partial charge on any atom is 0.329 e. The number of benzene rings is 1. The standard InChI is InChI=1S/C31H40Cl2FN5O7/c1-21(29-25(32)2-3-26(34)30(29)33)46-27-16-22(17-36-31(27)35)23-18-37-39(19-23)24-4-6-38(7-5-24)8-9-42-10-11-43-12-13-44-14-15-45-20-28(40)41/h2-3,16-19,21,24H,4-15,20H2,1H3,(H2,35,36)(H,40,41)/t21-/m1/s1. The quantitative estimate of drug-likeness (QED) is 0.132. The highest BCUT2D eigenvalue weighted by Gasteiger charge is 2.23. The third kappa shape index (κ3) is 10.8. The van der Waals surface area contributed by atoms with Gasteiger partial charge in [0.05, 0.1) is 63.5 Å². The number of carboxylic acid groups (broad SMARTS) is 1. The number of nitrogens with zero attached hydrogens (tertiary/aromatic N) is 4. The number of hydrogen-bond acceptors (Lipinski definition) is 10. The maximum absolute atomic E-state index is 14.1. The molecule has 46 heavy (non-hydrogen) atoms. The van der Waals surface area contributed by atoms with Crippen LogP contribution in [0.5, 0.6) is 5.75 Å². The molecule has 0 unspecified atom stereocenters. The van der Waals surface area contributed by atoms with E-state index in [1.807, 2.05) is 10.9 Å². The molecule has 0 amide bonds. The van der Waals surface area contributed by atoms with Gasteiger partial charge in [0.1, 0.15) is 18.5 Å². The Labute approximate surface area is 277 Å². The number of halogens is 3. The first-order chi connectivity index (χ1) is 22.2. The van der Waals surface area contributed by atoms with Crippen molar-refractivity contribution in [3.05, 3.63) is 58.2 Å². The Balaban J connectivity index is 1.15. The number of aromatic nitrogens is 3. The normalized spacial score (nSPS) is 14.9. The summed E-state index contributed by atoms with van der Waals surface area (Å²) in [6.45, 7) is 7.16. The first-order valence-corrected chi connectivity index (χ1v) is 15.8. The van der Waals surface area contributed by atoms with Crippen LogP contribution in [0.1, 0.15) is 37.5 Å². The van der Waals surface area contributed by atoms with Gasteiger partial charge in [0.25, 0.3) is 0 Å². The highest BCUT2D eigenvalue weighted by atomic mass is 35.5. The monoisotopic (exact) mass is 683 g/mol. The van der Waals surface area contributed by atoms with Crippen molar-refractivity contribution in [2.45, 2.75) is 31.9 Å². The molecule has 15 heteroatoms. The van der Waals surface area contributed by atoms with E-state index in [4.69, 9.17) is 57.7 Å². The largest absolute Gasteiger partial charge is 0.482 e. The summed E-state index contributed by atoms with van der Waals surface area (Å²) in [4.78, 5) is 17.0. The second kappa shape index (κ2) is 18.3. The summed E-state index contributed by atoms with van der Waals surface area (Å²) >= 11 is 12.4. The molecule has 0 radical (unpaired) electrons. The number of piperidine rings is 1. The Bertz CT molecular complexity index is 1410. The minimum Gasteiger partial charge on any atom is -0.482 e. The number of ether oxygens (including phenoxy) is 5. The van der Waals surface area contributed by atoms with Crippen LogP contribution in [0.15, 0.2) is 36.8 Å². The molecule has 0 bridgehead atoms. The highest BCUT2D eigenvalue weighted by Crippen LogP contribution is 2.37. The lowest BCUT2D eigenvalue weighted by Gasteiger charge is -2.31. The molecule has 0 spiro atoms. The summed E-state index contributed by atoms with van der Waals surface area (Å²) < 4.78 is 43.5. The van der Waals surface area contributed by atoms with Crippen LogP contribution in [0, 0.1) is 5.82 Å². The van der Waals surface area contributed by atoms with Gasteiger partial charge in [0, 0.05) is 53.7 Å². The molecule has 0 aliphatic carbocycles. The lowest BCUT2D eigenvalue weighted by atomic mass is 10.1. The van der Waals surface area contributed by atoms with Crippen molar-refractivity contribution in [1.29, 1.82) is 0 Å². The predicted octanol–water partition coefficient (Wildman–Crippen LogP) is 4.90. The van der Waals surface area contributed by atoms with E-state index < -0.39 is 17.9 Å². The van der Waals surface area contributed by atoms with Crippen molar-refractivity contribution in [2.24, 2.45) is 0 Å². The second-order valence-corrected chi connectivity index (χ2v) is 11.5. The SMILES string of the molecule is C[C@@H](Oc1cc(-c2cnn(C3CCN(CCOCCOCCOCCOCC(=O)O)CC3)c2)cnc1N)c1c(Cl)ccc(F)c1Cl. The van der Waals surface area contributed by atoms with Crippen LogP contribution < -0.4 is 10.5 Å². The summed E-state index contributed by atoms with van der Waals surface area (Å²) in [6.07, 6.45) is 6.73. The van der Waals surface area contributed by atoms with Gasteiger partial charge in [0.2, 0.25) is 0 Å². The van der Waals surface area contributed by atoms with Gasteiger partial charge in [-0.1, -0.05) is 23.2 Å². The zero-order valence-corrected chi connectivity index (χ0v) is 27.2. The molecular formula is C31H40Cl2FN5O7. The van der Waals surface area contributed by atoms with Crippen LogP contribution in [0.25, 0.3) is 11.1 Å². The first kappa shape index (κ1) is 35.8. The highest BCUT2D eigenvalue weighted by molar-refractivity contribution is 6.36. The summed E-state index contributed by atoms with van der Waals surface area (Å²) in [5.41, 5.74) is 8.10. The molecule has 3 aromatic rings. The fourth-order valence-corrected chi connectivity index (χ4v) is 5.66. The molecule has 1 saturated heterocycles. The Kier molecular flexibility index (Phi) is 14.3. The molecule has 1 aliphatic heterocycles. The molecule has 1 aromatic carbocycles. The second-order valence-electron chi connectivity index (χ2n) is 10.7. The minimum absolute atomic E-state index is 0.0908. The van der Waals surface area contributed by atoms with Crippen molar-refractivity contribution >= 4 is 35.0 Å². The fraction of sp³-hybridized carbons (Fsp3) is 0.516. The van der Waals surface area contributed by atoms with Crippen LogP contribution in [0.4, 0.5) is 10.2 Å². The van der Waals surface area contributed by atoms with Crippen LogP contribution in [0.3, 0.4) is 0 Å². The van der Waals surface area contributed by atoms with Crippen LogP contribution in [-0.4, -0.2) is 103 Å². The summed E-state index contributed by atoms with van der Waals surface area (Å²) in [5, 5.41) is 13.3. The van der Waals surface area contributed by atoms with Gasteiger partial charge in [-0.15, -0.1) is 0 Å². The molecule has 3 heterocycles. The molecule has 252 valence electrons. The molecule has 12 nitrogen and oxygen atoms in total. The van der Waals surface area contributed by atoms with E-state index in [1.54, 1.807) is 25.4 Å². The van der Waals surface area contributed by atoms with E-state index in [-0.39, 0.29) is 30.1 Å². The molecule has 3 N–H and O–H groups in total.